The summed E-state index contributed by atoms with van der Waals surface area (Å²) in [5, 5.41) is 4.55. The molecule has 0 aromatic heterocycles. The molecule has 2 atom stereocenters. The Morgan fingerprint density at radius 1 is 1.24 bits per heavy atom. The molecule has 2 aromatic carbocycles. The summed E-state index contributed by atoms with van der Waals surface area (Å²) in [5.41, 5.74) is 4.00. The van der Waals surface area contributed by atoms with Crippen LogP contribution in [0.4, 0.5) is 0 Å². The summed E-state index contributed by atoms with van der Waals surface area (Å²) in [7, 11) is 1.70. The quantitative estimate of drug-likeness (QED) is 0.885. The van der Waals surface area contributed by atoms with Gasteiger partial charge in [0.2, 0.25) is 0 Å². The van der Waals surface area contributed by atoms with Crippen molar-refractivity contribution in [2.24, 2.45) is 0 Å². The van der Waals surface area contributed by atoms with Crippen LogP contribution >= 0.6 is 11.6 Å². The van der Waals surface area contributed by atoms with Gasteiger partial charge in [-0.15, -0.1) is 0 Å². The number of methoxy groups -OCH3 is 1. The molecular formula is C18H20ClNO. The van der Waals surface area contributed by atoms with E-state index in [-0.39, 0.29) is 6.04 Å². The Bertz CT molecular complexity index is 641. The highest BCUT2D eigenvalue weighted by Crippen LogP contribution is 2.34. The van der Waals surface area contributed by atoms with Gasteiger partial charge in [-0.05, 0) is 60.7 Å². The second kappa shape index (κ2) is 6.08. The monoisotopic (exact) mass is 301 g/mol. The highest BCUT2D eigenvalue weighted by Gasteiger charge is 2.24. The number of benzene rings is 2. The molecule has 110 valence electrons. The molecule has 3 heteroatoms. The van der Waals surface area contributed by atoms with E-state index in [9.17, 15) is 0 Å². The van der Waals surface area contributed by atoms with Crippen molar-refractivity contribution in [2.45, 2.75) is 31.8 Å². The minimum atomic E-state index is 0.284. The first kappa shape index (κ1) is 14.4. The molecule has 0 fully saturated rings. The van der Waals surface area contributed by atoms with Crippen LogP contribution in [-0.2, 0) is 6.42 Å². The Morgan fingerprint density at radius 2 is 2.10 bits per heavy atom. The molecule has 0 saturated carbocycles. The van der Waals surface area contributed by atoms with Gasteiger partial charge in [-0.25, -0.2) is 0 Å². The molecule has 0 saturated heterocycles. The zero-order valence-corrected chi connectivity index (χ0v) is 13.2. The first-order chi connectivity index (χ1) is 10.2. The van der Waals surface area contributed by atoms with E-state index in [1.807, 2.05) is 18.2 Å². The van der Waals surface area contributed by atoms with E-state index in [2.05, 4.69) is 36.5 Å². The van der Waals surface area contributed by atoms with Gasteiger partial charge in [0.1, 0.15) is 5.75 Å². The summed E-state index contributed by atoms with van der Waals surface area (Å²) in [4.78, 5) is 0. The third-order valence-corrected chi connectivity index (χ3v) is 4.46. The molecule has 1 aliphatic rings. The van der Waals surface area contributed by atoms with Crippen molar-refractivity contribution >= 4 is 11.6 Å². The highest BCUT2D eigenvalue weighted by molar-refractivity contribution is 6.30. The molecule has 0 heterocycles. The number of ether oxygens (including phenoxy) is 1. The molecular weight excluding hydrogens is 282 g/mol. The Hall–Kier alpha value is -1.51. The van der Waals surface area contributed by atoms with Crippen LogP contribution < -0.4 is 10.1 Å². The van der Waals surface area contributed by atoms with E-state index >= 15 is 0 Å². The van der Waals surface area contributed by atoms with Crippen LogP contribution in [0.15, 0.2) is 42.5 Å². The van der Waals surface area contributed by atoms with Gasteiger partial charge in [0.05, 0.1) is 7.11 Å². The summed E-state index contributed by atoms with van der Waals surface area (Å²) >= 11 is 6.07. The lowest BCUT2D eigenvalue weighted by atomic mass is 10.0. The lowest BCUT2D eigenvalue weighted by Crippen LogP contribution is -2.23. The van der Waals surface area contributed by atoms with Crippen LogP contribution in [0.3, 0.4) is 0 Å². The fourth-order valence-corrected chi connectivity index (χ4v) is 3.26. The lowest BCUT2D eigenvalue weighted by Gasteiger charge is -2.21. The Balaban J connectivity index is 1.76. The average Bonchev–Trinajstić information content (AvgIpc) is 2.89. The summed E-state index contributed by atoms with van der Waals surface area (Å²) in [6.07, 6.45) is 2.22. The van der Waals surface area contributed by atoms with Crippen LogP contribution in [0.5, 0.6) is 5.75 Å². The van der Waals surface area contributed by atoms with E-state index in [4.69, 9.17) is 16.3 Å². The third kappa shape index (κ3) is 3.07. The molecule has 1 N–H and O–H groups in total. The van der Waals surface area contributed by atoms with E-state index in [0.29, 0.717) is 6.04 Å². The second-order valence-electron chi connectivity index (χ2n) is 5.60. The van der Waals surface area contributed by atoms with Crippen LogP contribution in [0.2, 0.25) is 5.02 Å². The average molecular weight is 302 g/mol. The molecule has 0 spiro atoms. The van der Waals surface area contributed by atoms with Crippen molar-refractivity contribution in [3.05, 3.63) is 64.2 Å². The first-order valence-corrected chi connectivity index (χ1v) is 7.73. The summed E-state index contributed by atoms with van der Waals surface area (Å²) < 4.78 is 5.30. The van der Waals surface area contributed by atoms with Crippen LogP contribution in [0.25, 0.3) is 0 Å². The number of aryl methyl sites for hydroxylation is 1. The number of halogens is 1. The second-order valence-corrected chi connectivity index (χ2v) is 6.04. The zero-order chi connectivity index (χ0) is 14.8. The van der Waals surface area contributed by atoms with Crippen LogP contribution in [0.1, 0.15) is 42.1 Å². The Labute approximate surface area is 131 Å². The molecule has 2 aromatic rings. The van der Waals surface area contributed by atoms with E-state index in [1.165, 1.54) is 16.7 Å². The normalized spacial score (nSPS) is 18.3. The van der Waals surface area contributed by atoms with Crippen molar-refractivity contribution < 1.29 is 4.74 Å². The number of rotatable bonds is 4. The van der Waals surface area contributed by atoms with Gasteiger partial charge < -0.3 is 10.1 Å². The SMILES string of the molecule is COc1cccc(C(C)NC2CCc3cc(Cl)ccc32)c1. The van der Waals surface area contributed by atoms with E-state index < -0.39 is 0 Å². The standard InChI is InChI=1S/C18H20ClNO/c1-12(13-4-3-5-16(11-13)21-2)20-18-9-6-14-10-15(19)7-8-17(14)18/h3-5,7-8,10-12,18,20H,6,9H2,1-2H3. The van der Waals surface area contributed by atoms with E-state index in [1.54, 1.807) is 7.11 Å². The van der Waals surface area contributed by atoms with Gasteiger partial charge in [0.15, 0.2) is 0 Å². The molecule has 2 nitrogen and oxygen atoms in total. The number of nitrogens with one attached hydrogen (secondary N) is 1. The first-order valence-electron chi connectivity index (χ1n) is 7.35. The molecule has 1 aliphatic carbocycles. The summed E-state index contributed by atoms with van der Waals surface area (Å²) in [5.74, 6) is 0.903. The Morgan fingerprint density at radius 3 is 2.90 bits per heavy atom. The fraction of sp³-hybridized carbons (Fsp3) is 0.333. The van der Waals surface area contributed by atoms with Gasteiger partial charge in [0.25, 0.3) is 0 Å². The van der Waals surface area contributed by atoms with Crippen LogP contribution in [-0.4, -0.2) is 7.11 Å². The Kier molecular flexibility index (Phi) is 4.18. The predicted molar refractivity (Wildman–Crippen MR) is 87.1 cm³/mol. The van der Waals surface area contributed by atoms with Crippen molar-refractivity contribution in [2.75, 3.05) is 7.11 Å². The van der Waals surface area contributed by atoms with Gasteiger partial charge in [-0.3, -0.25) is 0 Å². The van der Waals surface area contributed by atoms with Crippen molar-refractivity contribution in [1.82, 2.24) is 5.32 Å². The maximum atomic E-state index is 6.07. The van der Waals surface area contributed by atoms with Crippen molar-refractivity contribution in [1.29, 1.82) is 0 Å². The van der Waals surface area contributed by atoms with Gasteiger partial charge in [-0.2, -0.15) is 0 Å². The molecule has 21 heavy (non-hydrogen) atoms. The lowest BCUT2D eigenvalue weighted by molar-refractivity contribution is 0.411. The zero-order valence-electron chi connectivity index (χ0n) is 12.4. The molecule has 0 amide bonds. The smallest absolute Gasteiger partial charge is 0.119 e. The van der Waals surface area contributed by atoms with Gasteiger partial charge in [0, 0.05) is 17.1 Å². The summed E-state index contributed by atoms with van der Waals surface area (Å²) in [6.45, 7) is 2.20. The molecule has 2 unspecified atom stereocenters. The minimum absolute atomic E-state index is 0.284. The molecule has 0 radical (unpaired) electrons. The third-order valence-electron chi connectivity index (χ3n) is 4.23. The summed E-state index contributed by atoms with van der Waals surface area (Å²) in [6, 6.07) is 15.2. The number of hydrogen-bond donors (Lipinski definition) is 1. The maximum Gasteiger partial charge on any atom is 0.119 e. The van der Waals surface area contributed by atoms with Crippen molar-refractivity contribution in [3.63, 3.8) is 0 Å². The fourth-order valence-electron chi connectivity index (χ4n) is 3.07. The maximum absolute atomic E-state index is 6.07. The largest absolute Gasteiger partial charge is 0.497 e. The van der Waals surface area contributed by atoms with Gasteiger partial charge in [-0.1, -0.05) is 29.8 Å². The number of hydrogen-bond acceptors (Lipinski definition) is 2. The minimum Gasteiger partial charge on any atom is -0.497 e. The van der Waals surface area contributed by atoms with Gasteiger partial charge >= 0.3 is 0 Å². The van der Waals surface area contributed by atoms with Crippen LogP contribution in [0, 0.1) is 0 Å². The predicted octanol–water partition coefficient (Wildman–Crippen LogP) is 4.69. The molecule has 0 aliphatic heterocycles. The number of fused-ring (bicyclic) bond motifs is 1. The molecule has 3 rings (SSSR count). The topological polar surface area (TPSA) is 21.3 Å². The molecule has 0 bridgehead atoms. The van der Waals surface area contributed by atoms with E-state index in [0.717, 1.165) is 23.6 Å². The highest BCUT2D eigenvalue weighted by atomic mass is 35.5. The van der Waals surface area contributed by atoms with Crippen molar-refractivity contribution in [3.8, 4) is 5.75 Å².